The molecule has 0 bridgehead atoms. The Hall–Kier alpha value is -0.900. The van der Waals surface area contributed by atoms with Crippen LogP contribution in [-0.2, 0) is 13.1 Å². The first-order chi connectivity index (χ1) is 9.06. The van der Waals surface area contributed by atoms with Crippen molar-refractivity contribution in [1.82, 2.24) is 5.32 Å². The highest BCUT2D eigenvalue weighted by Crippen LogP contribution is 2.19. The second-order valence-corrected chi connectivity index (χ2v) is 5.71. The van der Waals surface area contributed by atoms with Gasteiger partial charge in [-0.15, -0.1) is 0 Å². The fourth-order valence-corrected chi connectivity index (χ4v) is 2.62. The molecule has 0 aliphatic heterocycles. The topological polar surface area (TPSA) is 12.0 Å². The Balaban J connectivity index is 1.94. The third-order valence-corrected chi connectivity index (χ3v) is 3.87. The van der Waals surface area contributed by atoms with Crippen LogP contribution in [0.3, 0.4) is 0 Å². The lowest BCUT2D eigenvalue weighted by Gasteiger charge is -2.08. The number of nitrogens with one attached hydrogen (secondary N) is 1. The van der Waals surface area contributed by atoms with Gasteiger partial charge in [0, 0.05) is 17.6 Å². The van der Waals surface area contributed by atoms with E-state index >= 15 is 0 Å². The van der Waals surface area contributed by atoms with Crippen LogP contribution in [0.1, 0.15) is 16.7 Å². The van der Waals surface area contributed by atoms with Crippen molar-refractivity contribution in [1.29, 1.82) is 0 Å². The molecule has 2 aromatic carbocycles. The van der Waals surface area contributed by atoms with Gasteiger partial charge in [0.05, 0.1) is 5.02 Å². The molecule has 4 heteroatoms. The fourth-order valence-electron chi connectivity index (χ4n) is 1.79. The van der Waals surface area contributed by atoms with E-state index in [2.05, 4.69) is 46.4 Å². The van der Waals surface area contributed by atoms with E-state index < -0.39 is 0 Å². The molecule has 2 aromatic rings. The van der Waals surface area contributed by atoms with E-state index in [0.717, 1.165) is 16.6 Å². The second kappa shape index (κ2) is 6.51. The maximum absolute atomic E-state index is 13.0. The molecule has 0 atom stereocenters. The minimum Gasteiger partial charge on any atom is -0.309 e. The summed E-state index contributed by atoms with van der Waals surface area (Å²) in [6.07, 6.45) is 0. The summed E-state index contributed by atoms with van der Waals surface area (Å²) in [6, 6.07) is 11.0. The van der Waals surface area contributed by atoms with Gasteiger partial charge in [0.25, 0.3) is 0 Å². The molecule has 0 unspecified atom stereocenters. The zero-order chi connectivity index (χ0) is 13.8. The first-order valence-electron chi connectivity index (χ1n) is 5.96. The molecule has 2 rings (SSSR count). The SMILES string of the molecule is Cc1ccc(CNCc2ccc(F)c(Cl)c2)c(Br)c1. The molecular formula is C15H14BrClFN. The van der Waals surface area contributed by atoms with Crippen molar-refractivity contribution >= 4 is 27.5 Å². The normalized spacial score (nSPS) is 10.7. The van der Waals surface area contributed by atoms with Crippen LogP contribution in [0.25, 0.3) is 0 Å². The van der Waals surface area contributed by atoms with Gasteiger partial charge < -0.3 is 5.32 Å². The van der Waals surface area contributed by atoms with Gasteiger partial charge in [-0.1, -0.05) is 45.7 Å². The standard InChI is InChI=1S/C15H14BrClFN/c1-10-2-4-12(13(16)6-10)9-19-8-11-3-5-15(18)14(17)7-11/h2-7,19H,8-9H2,1H3. The number of hydrogen-bond donors (Lipinski definition) is 1. The Kier molecular flexibility index (Phi) is 4.97. The smallest absolute Gasteiger partial charge is 0.141 e. The highest BCUT2D eigenvalue weighted by molar-refractivity contribution is 9.10. The van der Waals surface area contributed by atoms with Crippen molar-refractivity contribution in [3.8, 4) is 0 Å². The molecule has 100 valence electrons. The van der Waals surface area contributed by atoms with Crippen LogP contribution in [0, 0.1) is 12.7 Å². The monoisotopic (exact) mass is 341 g/mol. The zero-order valence-electron chi connectivity index (χ0n) is 10.5. The molecule has 0 saturated heterocycles. The minimum atomic E-state index is -0.383. The van der Waals surface area contributed by atoms with Gasteiger partial charge in [-0.05, 0) is 41.8 Å². The molecule has 0 amide bonds. The van der Waals surface area contributed by atoms with Crippen LogP contribution >= 0.6 is 27.5 Å². The van der Waals surface area contributed by atoms with Crippen LogP contribution in [0.15, 0.2) is 40.9 Å². The van der Waals surface area contributed by atoms with Crippen molar-refractivity contribution in [2.75, 3.05) is 0 Å². The van der Waals surface area contributed by atoms with E-state index in [1.165, 1.54) is 17.2 Å². The lowest BCUT2D eigenvalue weighted by molar-refractivity contribution is 0.625. The van der Waals surface area contributed by atoms with Gasteiger partial charge in [0.1, 0.15) is 5.82 Å². The number of benzene rings is 2. The van der Waals surface area contributed by atoms with E-state index in [9.17, 15) is 4.39 Å². The molecule has 0 radical (unpaired) electrons. The molecule has 0 aliphatic carbocycles. The molecule has 0 heterocycles. The molecule has 0 fully saturated rings. The number of aryl methyl sites for hydroxylation is 1. The van der Waals surface area contributed by atoms with Gasteiger partial charge in [0.15, 0.2) is 0 Å². The second-order valence-electron chi connectivity index (χ2n) is 4.45. The largest absolute Gasteiger partial charge is 0.309 e. The first-order valence-corrected chi connectivity index (χ1v) is 7.13. The summed E-state index contributed by atoms with van der Waals surface area (Å²) in [5.74, 6) is -0.383. The lowest BCUT2D eigenvalue weighted by Crippen LogP contribution is -2.13. The van der Waals surface area contributed by atoms with Crippen LogP contribution in [0.2, 0.25) is 5.02 Å². The van der Waals surface area contributed by atoms with Crippen LogP contribution < -0.4 is 5.32 Å². The zero-order valence-corrected chi connectivity index (χ0v) is 12.9. The van der Waals surface area contributed by atoms with Crippen molar-refractivity contribution in [2.24, 2.45) is 0 Å². The quantitative estimate of drug-likeness (QED) is 0.838. The highest BCUT2D eigenvalue weighted by Gasteiger charge is 2.02. The van der Waals surface area contributed by atoms with E-state index in [1.807, 2.05) is 0 Å². The Morgan fingerprint density at radius 1 is 1.16 bits per heavy atom. The molecule has 0 aliphatic rings. The number of halogens is 3. The van der Waals surface area contributed by atoms with Gasteiger partial charge >= 0.3 is 0 Å². The highest BCUT2D eigenvalue weighted by atomic mass is 79.9. The number of rotatable bonds is 4. The van der Waals surface area contributed by atoms with E-state index in [-0.39, 0.29) is 10.8 Å². The van der Waals surface area contributed by atoms with Crippen LogP contribution in [-0.4, -0.2) is 0 Å². The molecule has 1 nitrogen and oxygen atoms in total. The third-order valence-electron chi connectivity index (χ3n) is 2.84. The van der Waals surface area contributed by atoms with Crippen molar-refractivity contribution in [3.63, 3.8) is 0 Å². The molecule has 19 heavy (non-hydrogen) atoms. The van der Waals surface area contributed by atoms with Gasteiger partial charge in [-0.25, -0.2) is 4.39 Å². The minimum absolute atomic E-state index is 0.163. The molecule has 1 N–H and O–H groups in total. The predicted octanol–water partition coefficient (Wildman–Crippen LogP) is 4.84. The van der Waals surface area contributed by atoms with E-state index in [0.29, 0.717) is 6.54 Å². The van der Waals surface area contributed by atoms with Crippen LogP contribution in [0.4, 0.5) is 4.39 Å². The molecule has 0 aromatic heterocycles. The average molecular weight is 343 g/mol. The summed E-state index contributed by atoms with van der Waals surface area (Å²) in [6.45, 7) is 3.46. The third kappa shape index (κ3) is 4.03. The van der Waals surface area contributed by atoms with Gasteiger partial charge in [-0.3, -0.25) is 0 Å². The average Bonchev–Trinajstić information content (AvgIpc) is 2.36. The Morgan fingerprint density at radius 3 is 2.63 bits per heavy atom. The van der Waals surface area contributed by atoms with E-state index in [4.69, 9.17) is 11.6 Å². The van der Waals surface area contributed by atoms with Crippen LogP contribution in [0.5, 0.6) is 0 Å². The maximum atomic E-state index is 13.0. The fraction of sp³-hybridized carbons (Fsp3) is 0.200. The summed E-state index contributed by atoms with van der Waals surface area (Å²) in [5, 5.41) is 3.48. The summed E-state index contributed by atoms with van der Waals surface area (Å²) in [4.78, 5) is 0. The van der Waals surface area contributed by atoms with Crippen molar-refractivity contribution < 1.29 is 4.39 Å². The first kappa shape index (κ1) is 14.5. The Labute approximate surface area is 125 Å². The molecule has 0 saturated carbocycles. The van der Waals surface area contributed by atoms with Crippen molar-refractivity contribution in [2.45, 2.75) is 20.0 Å². The summed E-state index contributed by atoms with van der Waals surface area (Å²) in [5.41, 5.74) is 3.38. The Morgan fingerprint density at radius 2 is 1.95 bits per heavy atom. The van der Waals surface area contributed by atoms with Gasteiger partial charge in [0.2, 0.25) is 0 Å². The number of hydrogen-bond acceptors (Lipinski definition) is 1. The summed E-state index contributed by atoms with van der Waals surface area (Å²) in [7, 11) is 0. The van der Waals surface area contributed by atoms with E-state index in [1.54, 1.807) is 12.1 Å². The molecule has 0 spiro atoms. The summed E-state index contributed by atoms with van der Waals surface area (Å²) < 4.78 is 14.1. The predicted molar refractivity (Wildman–Crippen MR) is 80.8 cm³/mol. The summed E-state index contributed by atoms with van der Waals surface area (Å²) >= 11 is 9.29. The Bertz CT molecular complexity index is 586. The van der Waals surface area contributed by atoms with Crippen molar-refractivity contribution in [3.05, 3.63) is 68.4 Å². The van der Waals surface area contributed by atoms with Gasteiger partial charge in [-0.2, -0.15) is 0 Å². The molecular weight excluding hydrogens is 329 g/mol. The maximum Gasteiger partial charge on any atom is 0.141 e. The lowest BCUT2D eigenvalue weighted by atomic mass is 10.1.